The Morgan fingerprint density at radius 2 is 1.90 bits per heavy atom. The number of amides is 1. The van der Waals surface area contributed by atoms with Crippen molar-refractivity contribution in [3.05, 3.63) is 63.1 Å². The van der Waals surface area contributed by atoms with Crippen LogP contribution in [0.1, 0.15) is 28.9 Å². The Morgan fingerprint density at radius 1 is 1.24 bits per heavy atom. The normalized spacial score (nSPS) is 11.8. The lowest BCUT2D eigenvalue weighted by atomic mass is 10.1. The Kier molecular flexibility index (Phi) is 5.26. The molecule has 1 atom stereocenters. The first-order valence-electron chi connectivity index (χ1n) is 6.41. The van der Waals surface area contributed by atoms with Crippen LogP contribution in [0, 0.1) is 0 Å². The Bertz CT molecular complexity index is 643. The van der Waals surface area contributed by atoms with Gasteiger partial charge in [0.2, 0.25) is 0 Å². The summed E-state index contributed by atoms with van der Waals surface area (Å²) in [6.07, 6.45) is 0. The molecule has 0 radical (unpaired) electrons. The molecule has 21 heavy (non-hydrogen) atoms. The van der Waals surface area contributed by atoms with E-state index < -0.39 is 0 Å². The molecule has 0 aliphatic rings. The third kappa shape index (κ3) is 3.99. The van der Waals surface area contributed by atoms with E-state index in [0.717, 1.165) is 10.0 Å². The molecule has 0 aliphatic heterocycles. The molecule has 0 saturated carbocycles. The average Bonchev–Trinajstić information content (AvgIpc) is 2.48. The zero-order valence-electron chi connectivity index (χ0n) is 11.7. The van der Waals surface area contributed by atoms with E-state index in [2.05, 4.69) is 21.2 Å². The zero-order chi connectivity index (χ0) is 15.4. The van der Waals surface area contributed by atoms with E-state index in [4.69, 9.17) is 16.3 Å². The van der Waals surface area contributed by atoms with E-state index >= 15 is 0 Å². The molecule has 2 aromatic carbocycles. The molecule has 2 rings (SSSR count). The average molecular weight is 369 g/mol. The first-order valence-corrected chi connectivity index (χ1v) is 7.58. The molecule has 5 heteroatoms. The number of methoxy groups -OCH3 is 1. The minimum Gasteiger partial charge on any atom is -0.497 e. The van der Waals surface area contributed by atoms with E-state index in [-0.39, 0.29) is 11.9 Å². The van der Waals surface area contributed by atoms with Crippen LogP contribution in [-0.4, -0.2) is 13.0 Å². The number of nitrogens with one attached hydrogen (secondary N) is 1. The Labute approximate surface area is 137 Å². The van der Waals surface area contributed by atoms with Gasteiger partial charge in [0.1, 0.15) is 5.75 Å². The van der Waals surface area contributed by atoms with Crippen molar-refractivity contribution in [2.24, 2.45) is 0 Å². The van der Waals surface area contributed by atoms with E-state index in [0.29, 0.717) is 16.3 Å². The summed E-state index contributed by atoms with van der Waals surface area (Å²) in [7, 11) is 1.57. The van der Waals surface area contributed by atoms with E-state index in [1.807, 2.05) is 19.1 Å². The number of hydrogen-bond acceptors (Lipinski definition) is 2. The number of benzene rings is 2. The van der Waals surface area contributed by atoms with Crippen LogP contribution in [-0.2, 0) is 0 Å². The summed E-state index contributed by atoms with van der Waals surface area (Å²) < 4.78 is 5.87. The first-order chi connectivity index (χ1) is 10.0. The fraction of sp³-hybridized carbons (Fsp3) is 0.188. The van der Waals surface area contributed by atoms with Crippen molar-refractivity contribution in [2.75, 3.05) is 7.11 Å². The lowest BCUT2D eigenvalue weighted by molar-refractivity contribution is 0.0938. The second kappa shape index (κ2) is 6.96. The molecule has 0 heterocycles. The minimum atomic E-state index is -0.164. The summed E-state index contributed by atoms with van der Waals surface area (Å²) in [5.74, 6) is 0.478. The van der Waals surface area contributed by atoms with Crippen LogP contribution >= 0.6 is 27.5 Å². The van der Waals surface area contributed by atoms with Crippen molar-refractivity contribution in [1.82, 2.24) is 5.32 Å². The van der Waals surface area contributed by atoms with Gasteiger partial charge >= 0.3 is 0 Å². The first kappa shape index (κ1) is 15.9. The molecule has 0 fully saturated rings. The molecule has 0 bridgehead atoms. The van der Waals surface area contributed by atoms with Crippen LogP contribution in [0.25, 0.3) is 0 Å². The van der Waals surface area contributed by atoms with Crippen LogP contribution in [0.4, 0.5) is 0 Å². The van der Waals surface area contributed by atoms with Gasteiger partial charge in [-0.05, 0) is 58.7 Å². The highest BCUT2D eigenvalue weighted by molar-refractivity contribution is 9.10. The van der Waals surface area contributed by atoms with Gasteiger partial charge in [-0.2, -0.15) is 0 Å². The SMILES string of the molecule is COc1ccc(Br)c(C(=O)N[C@H](C)c2ccc(Cl)cc2)c1. The number of rotatable bonds is 4. The molecule has 3 nitrogen and oxygen atoms in total. The second-order valence-corrected chi connectivity index (χ2v) is 5.88. The topological polar surface area (TPSA) is 38.3 Å². The van der Waals surface area contributed by atoms with Crippen LogP contribution in [0.3, 0.4) is 0 Å². The van der Waals surface area contributed by atoms with Gasteiger partial charge < -0.3 is 10.1 Å². The van der Waals surface area contributed by atoms with Gasteiger partial charge in [0.15, 0.2) is 0 Å². The van der Waals surface area contributed by atoms with Crippen molar-refractivity contribution in [3.8, 4) is 5.75 Å². The molecule has 0 aromatic heterocycles. The summed E-state index contributed by atoms with van der Waals surface area (Å²) in [5.41, 5.74) is 1.53. The molecule has 2 aromatic rings. The van der Waals surface area contributed by atoms with Crippen molar-refractivity contribution in [3.63, 3.8) is 0 Å². The van der Waals surface area contributed by atoms with Crippen LogP contribution < -0.4 is 10.1 Å². The van der Waals surface area contributed by atoms with E-state index in [9.17, 15) is 4.79 Å². The minimum absolute atomic E-state index is 0.118. The number of halogens is 2. The van der Waals surface area contributed by atoms with Gasteiger partial charge in [0, 0.05) is 9.50 Å². The second-order valence-electron chi connectivity index (χ2n) is 4.59. The molecular formula is C16H15BrClNO2. The Hall–Kier alpha value is -1.52. The van der Waals surface area contributed by atoms with E-state index in [1.54, 1.807) is 37.4 Å². The molecule has 1 N–H and O–H groups in total. The summed E-state index contributed by atoms with van der Waals surface area (Å²) in [6, 6.07) is 12.6. The van der Waals surface area contributed by atoms with Crippen molar-refractivity contribution in [1.29, 1.82) is 0 Å². The maximum atomic E-state index is 12.4. The quantitative estimate of drug-likeness (QED) is 0.856. The number of hydrogen-bond donors (Lipinski definition) is 1. The van der Waals surface area contributed by atoms with Gasteiger partial charge in [0.05, 0.1) is 18.7 Å². The predicted molar refractivity (Wildman–Crippen MR) is 88.0 cm³/mol. The number of ether oxygens (including phenoxy) is 1. The zero-order valence-corrected chi connectivity index (χ0v) is 14.0. The highest BCUT2D eigenvalue weighted by atomic mass is 79.9. The standard InChI is InChI=1S/C16H15BrClNO2/c1-10(11-3-5-12(18)6-4-11)19-16(20)14-9-13(21-2)7-8-15(14)17/h3-10H,1-2H3,(H,19,20)/t10-/m1/s1. The largest absolute Gasteiger partial charge is 0.497 e. The maximum absolute atomic E-state index is 12.4. The van der Waals surface area contributed by atoms with Gasteiger partial charge in [0.25, 0.3) is 5.91 Å². The van der Waals surface area contributed by atoms with Gasteiger partial charge in [-0.1, -0.05) is 23.7 Å². The van der Waals surface area contributed by atoms with Crippen molar-refractivity contribution in [2.45, 2.75) is 13.0 Å². The summed E-state index contributed by atoms with van der Waals surface area (Å²) in [6.45, 7) is 1.93. The monoisotopic (exact) mass is 367 g/mol. The van der Waals surface area contributed by atoms with Crippen LogP contribution in [0.15, 0.2) is 46.9 Å². The van der Waals surface area contributed by atoms with Gasteiger partial charge in [-0.3, -0.25) is 4.79 Å². The van der Waals surface area contributed by atoms with Crippen LogP contribution in [0.5, 0.6) is 5.75 Å². The molecule has 0 aliphatic carbocycles. The molecule has 1 amide bonds. The highest BCUT2D eigenvalue weighted by Gasteiger charge is 2.15. The maximum Gasteiger partial charge on any atom is 0.253 e. The van der Waals surface area contributed by atoms with E-state index in [1.165, 1.54) is 0 Å². The smallest absolute Gasteiger partial charge is 0.253 e. The highest BCUT2D eigenvalue weighted by Crippen LogP contribution is 2.23. The molecule has 110 valence electrons. The molecule has 0 saturated heterocycles. The third-order valence-electron chi connectivity index (χ3n) is 3.14. The van der Waals surface area contributed by atoms with Gasteiger partial charge in [-0.15, -0.1) is 0 Å². The molecule has 0 unspecified atom stereocenters. The number of carbonyl (C=O) groups is 1. The number of carbonyl (C=O) groups excluding carboxylic acids is 1. The summed E-state index contributed by atoms with van der Waals surface area (Å²) in [4.78, 5) is 12.4. The van der Waals surface area contributed by atoms with Crippen molar-refractivity contribution < 1.29 is 9.53 Å². The third-order valence-corrected chi connectivity index (χ3v) is 4.08. The fourth-order valence-corrected chi connectivity index (χ4v) is 2.47. The summed E-state index contributed by atoms with van der Waals surface area (Å²) in [5, 5.41) is 3.63. The van der Waals surface area contributed by atoms with Crippen molar-refractivity contribution >= 4 is 33.4 Å². The Morgan fingerprint density at radius 3 is 2.52 bits per heavy atom. The Balaban J connectivity index is 2.15. The predicted octanol–water partition coefficient (Wildman–Crippen LogP) is 4.60. The van der Waals surface area contributed by atoms with Gasteiger partial charge in [-0.25, -0.2) is 0 Å². The lowest BCUT2D eigenvalue weighted by Crippen LogP contribution is -2.26. The fourth-order valence-electron chi connectivity index (χ4n) is 1.91. The summed E-state index contributed by atoms with van der Waals surface area (Å²) >= 11 is 9.25. The lowest BCUT2D eigenvalue weighted by Gasteiger charge is -2.15. The van der Waals surface area contributed by atoms with Crippen LogP contribution in [0.2, 0.25) is 5.02 Å². The molecule has 0 spiro atoms. The molecular weight excluding hydrogens is 354 g/mol.